The Labute approximate surface area is 155 Å². The molecule has 2 heterocycles. The first-order valence-electron chi connectivity index (χ1n) is 7.72. The van der Waals surface area contributed by atoms with Crippen LogP contribution in [0.2, 0.25) is 10.0 Å². The highest BCUT2D eigenvalue weighted by Crippen LogP contribution is 2.28. The number of nitrogen functional groups attached to an aromatic ring is 2. The van der Waals surface area contributed by atoms with E-state index in [1.807, 2.05) is 12.1 Å². The molecule has 0 spiro atoms. The smallest absolute Gasteiger partial charge is 0.224 e. The number of nitrogens with two attached hydrogens (primary N) is 2. The van der Waals surface area contributed by atoms with E-state index in [1.54, 1.807) is 12.3 Å². The SMILES string of the molecule is CCCN(Cc1cnc2nc(N)nc(N)c2n1)c1ccc(Cl)c(Cl)c1. The first-order chi connectivity index (χ1) is 12.0. The Morgan fingerprint density at radius 2 is 1.88 bits per heavy atom. The highest BCUT2D eigenvalue weighted by molar-refractivity contribution is 6.42. The maximum Gasteiger partial charge on any atom is 0.224 e. The molecule has 0 aliphatic heterocycles. The molecule has 3 rings (SSSR count). The molecule has 0 saturated heterocycles. The normalized spacial score (nSPS) is 11.0. The third-order valence-electron chi connectivity index (χ3n) is 3.62. The predicted octanol–water partition coefficient (Wildman–Crippen LogP) is 3.31. The molecule has 2 aromatic heterocycles. The molecule has 4 N–H and O–H groups in total. The lowest BCUT2D eigenvalue weighted by Crippen LogP contribution is -2.24. The second-order valence-corrected chi connectivity index (χ2v) is 6.33. The van der Waals surface area contributed by atoms with Crippen LogP contribution in [0.15, 0.2) is 24.4 Å². The van der Waals surface area contributed by atoms with Crippen LogP contribution < -0.4 is 16.4 Å². The lowest BCUT2D eigenvalue weighted by atomic mass is 10.2. The van der Waals surface area contributed by atoms with Gasteiger partial charge in [0.1, 0.15) is 0 Å². The minimum absolute atomic E-state index is 0.0791. The minimum atomic E-state index is 0.0791. The molecule has 0 bridgehead atoms. The molecule has 1 aromatic carbocycles. The van der Waals surface area contributed by atoms with Crippen LogP contribution in [0.5, 0.6) is 0 Å². The van der Waals surface area contributed by atoms with E-state index in [0.717, 1.165) is 24.3 Å². The van der Waals surface area contributed by atoms with Gasteiger partial charge >= 0.3 is 0 Å². The molecule has 0 atom stereocenters. The molecule has 0 aliphatic rings. The Bertz CT molecular complexity index is 916. The van der Waals surface area contributed by atoms with Crippen LogP contribution in [0.3, 0.4) is 0 Å². The number of hydrogen-bond donors (Lipinski definition) is 2. The summed E-state index contributed by atoms with van der Waals surface area (Å²) in [5.74, 6) is 0.295. The topological polar surface area (TPSA) is 107 Å². The number of anilines is 3. The highest BCUT2D eigenvalue weighted by atomic mass is 35.5. The van der Waals surface area contributed by atoms with Crippen LogP contribution in [0.4, 0.5) is 17.5 Å². The number of halogens is 2. The number of hydrogen-bond acceptors (Lipinski definition) is 7. The van der Waals surface area contributed by atoms with Gasteiger partial charge in [0.2, 0.25) is 5.95 Å². The van der Waals surface area contributed by atoms with E-state index in [1.165, 1.54) is 0 Å². The Balaban J connectivity index is 1.94. The van der Waals surface area contributed by atoms with Gasteiger partial charge in [-0.25, -0.2) is 9.97 Å². The summed E-state index contributed by atoms with van der Waals surface area (Å²) in [5.41, 5.74) is 14.0. The van der Waals surface area contributed by atoms with E-state index in [9.17, 15) is 0 Å². The zero-order valence-electron chi connectivity index (χ0n) is 13.6. The zero-order chi connectivity index (χ0) is 18.0. The van der Waals surface area contributed by atoms with Crippen molar-refractivity contribution in [1.82, 2.24) is 19.9 Å². The molecule has 0 unspecified atom stereocenters. The molecule has 25 heavy (non-hydrogen) atoms. The van der Waals surface area contributed by atoms with Crippen LogP contribution in [-0.4, -0.2) is 26.5 Å². The molecule has 0 aliphatic carbocycles. The molecule has 0 fully saturated rings. The fourth-order valence-electron chi connectivity index (χ4n) is 2.51. The molecule has 130 valence electrons. The predicted molar refractivity (Wildman–Crippen MR) is 102 cm³/mol. The van der Waals surface area contributed by atoms with Crippen molar-refractivity contribution in [3.05, 3.63) is 40.1 Å². The number of rotatable bonds is 5. The maximum atomic E-state index is 6.14. The van der Waals surface area contributed by atoms with Crippen molar-refractivity contribution >= 4 is 51.8 Å². The van der Waals surface area contributed by atoms with Gasteiger partial charge in [0.15, 0.2) is 17.0 Å². The lowest BCUT2D eigenvalue weighted by molar-refractivity contribution is 0.753. The minimum Gasteiger partial charge on any atom is -0.382 e. The maximum absolute atomic E-state index is 6.14. The van der Waals surface area contributed by atoms with Gasteiger partial charge in [-0.05, 0) is 24.6 Å². The van der Waals surface area contributed by atoms with Crippen LogP contribution >= 0.6 is 23.2 Å². The van der Waals surface area contributed by atoms with Crippen LogP contribution in [0, 0.1) is 0 Å². The number of nitrogens with zero attached hydrogens (tertiary/aromatic N) is 5. The van der Waals surface area contributed by atoms with E-state index in [4.69, 9.17) is 34.7 Å². The quantitative estimate of drug-likeness (QED) is 0.701. The Morgan fingerprint density at radius 3 is 2.60 bits per heavy atom. The molecule has 0 amide bonds. The number of benzene rings is 1. The van der Waals surface area contributed by atoms with Crippen LogP contribution in [0.25, 0.3) is 11.2 Å². The van der Waals surface area contributed by atoms with Gasteiger partial charge in [-0.2, -0.15) is 9.97 Å². The van der Waals surface area contributed by atoms with Crippen molar-refractivity contribution in [2.45, 2.75) is 19.9 Å². The van der Waals surface area contributed by atoms with Crippen LogP contribution in [-0.2, 0) is 6.54 Å². The summed E-state index contributed by atoms with van der Waals surface area (Å²) in [4.78, 5) is 18.9. The molecule has 3 aromatic rings. The van der Waals surface area contributed by atoms with Crippen molar-refractivity contribution in [3.63, 3.8) is 0 Å². The van der Waals surface area contributed by atoms with Crippen molar-refractivity contribution in [3.8, 4) is 0 Å². The average molecular weight is 378 g/mol. The summed E-state index contributed by atoms with van der Waals surface area (Å²) in [5, 5.41) is 1.04. The first kappa shape index (κ1) is 17.4. The summed E-state index contributed by atoms with van der Waals surface area (Å²) < 4.78 is 0. The Hall–Kier alpha value is -2.38. The summed E-state index contributed by atoms with van der Waals surface area (Å²) in [6.07, 6.45) is 2.62. The highest BCUT2D eigenvalue weighted by Gasteiger charge is 2.12. The second kappa shape index (κ2) is 7.25. The van der Waals surface area contributed by atoms with Gasteiger partial charge in [-0.3, -0.25) is 0 Å². The molecule has 7 nitrogen and oxygen atoms in total. The second-order valence-electron chi connectivity index (χ2n) is 5.52. The van der Waals surface area contributed by atoms with Crippen molar-refractivity contribution in [2.75, 3.05) is 22.9 Å². The monoisotopic (exact) mass is 377 g/mol. The fourth-order valence-corrected chi connectivity index (χ4v) is 2.80. The van der Waals surface area contributed by atoms with Crippen molar-refractivity contribution in [1.29, 1.82) is 0 Å². The zero-order valence-corrected chi connectivity index (χ0v) is 15.1. The van der Waals surface area contributed by atoms with Gasteiger partial charge in [0, 0.05) is 12.2 Å². The average Bonchev–Trinajstić information content (AvgIpc) is 2.57. The summed E-state index contributed by atoms with van der Waals surface area (Å²) >= 11 is 12.2. The van der Waals surface area contributed by atoms with Crippen LogP contribution in [0.1, 0.15) is 19.0 Å². The van der Waals surface area contributed by atoms with E-state index in [2.05, 4.69) is 31.8 Å². The van der Waals surface area contributed by atoms with Gasteiger partial charge in [-0.15, -0.1) is 0 Å². The van der Waals surface area contributed by atoms with Gasteiger partial charge in [0.25, 0.3) is 0 Å². The van der Waals surface area contributed by atoms with Gasteiger partial charge in [-0.1, -0.05) is 30.1 Å². The summed E-state index contributed by atoms with van der Waals surface area (Å²) in [6.45, 7) is 3.47. The molecule has 0 radical (unpaired) electrons. The van der Waals surface area contributed by atoms with Crippen molar-refractivity contribution in [2.24, 2.45) is 0 Å². The fraction of sp³-hybridized carbons (Fsp3) is 0.250. The van der Waals surface area contributed by atoms with E-state index in [-0.39, 0.29) is 11.8 Å². The van der Waals surface area contributed by atoms with Crippen molar-refractivity contribution < 1.29 is 0 Å². The van der Waals surface area contributed by atoms with E-state index >= 15 is 0 Å². The summed E-state index contributed by atoms with van der Waals surface area (Å²) in [6, 6.07) is 5.55. The Kier molecular flexibility index (Phi) is 5.06. The van der Waals surface area contributed by atoms with Gasteiger partial charge < -0.3 is 16.4 Å². The lowest BCUT2D eigenvalue weighted by Gasteiger charge is -2.24. The standard InChI is InChI=1S/C16H17Cl2N7/c1-2-5-25(10-3-4-11(17)12(18)6-10)8-9-7-21-15-13(22-9)14(19)23-16(20)24-15/h3-4,6-7H,2,5,8H2,1H3,(H4,19,20,21,23,24). The van der Waals surface area contributed by atoms with E-state index < -0.39 is 0 Å². The van der Waals surface area contributed by atoms with Gasteiger partial charge in [0.05, 0.1) is 28.5 Å². The molecular formula is C16H17Cl2N7. The number of fused-ring (bicyclic) bond motifs is 1. The first-order valence-corrected chi connectivity index (χ1v) is 8.48. The third kappa shape index (κ3) is 3.83. The largest absolute Gasteiger partial charge is 0.382 e. The molecule has 9 heteroatoms. The van der Waals surface area contributed by atoms with E-state index in [0.29, 0.717) is 27.8 Å². The third-order valence-corrected chi connectivity index (χ3v) is 4.35. The summed E-state index contributed by atoms with van der Waals surface area (Å²) in [7, 11) is 0. The molecular weight excluding hydrogens is 361 g/mol. The number of aromatic nitrogens is 4. The molecule has 0 saturated carbocycles. The Morgan fingerprint density at radius 1 is 1.08 bits per heavy atom.